The fraction of sp³-hybridized carbons (Fsp3) is 0.229. The van der Waals surface area contributed by atoms with Gasteiger partial charge in [0.25, 0.3) is 0 Å². The second-order valence-corrected chi connectivity index (χ2v) is 24.3. The standard InChI is InChI=1S/C70H63NO2/c1-40-21-34-58(41(2)35-40)71(46-30-32-48-54(36-46)69(9,10)56-38-52(42-22-26-44(27-23-42)67(3,4)5)65-63(61(48)56)50-17-13-15-19-59(50)72-65)47-31-33-49-55(37-47)70(11,12)57-39-53(43-24-28-45(29-25-43)68(6,7)8)66-64(62(49)57)51-18-14-16-20-60(51)73-66/h13-39H,1-12H3. The summed E-state index contributed by atoms with van der Waals surface area (Å²) in [5.74, 6) is 0. The Morgan fingerprint density at radius 3 is 1.25 bits per heavy atom. The minimum absolute atomic E-state index is 0.0602. The molecule has 0 N–H and O–H groups in total. The molecular formula is C70H63NO2. The van der Waals surface area contributed by atoms with Gasteiger partial charge in [0, 0.05) is 60.6 Å². The van der Waals surface area contributed by atoms with Gasteiger partial charge in [0.05, 0.1) is 0 Å². The molecule has 2 aliphatic carbocycles. The lowest BCUT2D eigenvalue weighted by atomic mass is 9.80. The second-order valence-electron chi connectivity index (χ2n) is 24.3. The van der Waals surface area contributed by atoms with Crippen LogP contribution in [0.15, 0.2) is 173 Å². The molecule has 0 saturated carbocycles. The number of benzene rings is 9. The summed E-state index contributed by atoms with van der Waals surface area (Å²) < 4.78 is 13.8. The molecule has 0 radical (unpaired) electrons. The Morgan fingerprint density at radius 2 is 0.836 bits per heavy atom. The number of para-hydroxylation sites is 2. The Bertz CT molecular complexity index is 3860. The molecule has 9 aromatic carbocycles. The van der Waals surface area contributed by atoms with E-state index in [-0.39, 0.29) is 21.7 Å². The van der Waals surface area contributed by atoms with Crippen LogP contribution in [0.4, 0.5) is 17.1 Å². The molecule has 0 aliphatic heterocycles. The molecule has 0 spiro atoms. The highest BCUT2D eigenvalue weighted by molar-refractivity contribution is 6.20. The summed E-state index contributed by atoms with van der Waals surface area (Å²) in [5.41, 5.74) is 26.7. The normalized spacial score (nSPS) is 14.5. The van der Waals surface area contributed by atoms with Crippen molar-refractivity contribution >= 4 is 60.9 Å². The number of nitrogens with zero attached hydrogens (tertiary/aromatic N) is 1. The maximum absolute atomic E-state index is 6.89. The molecule has 2 aliphatic rings. The summed E-state index contributed by atoms with van der Waals surface area (Å²) in [6, 6.07) is 61.6. The number of fused-ring (bicyclic) bond motifs is 14. The summed E-state index contributed by atoms with van der Waals surface area (Å²) in [7, 11) is 0. The van der Waals surface area contributed by atoms with Crippen molar-refractivity contribution < 1.29 is 8.83 Å². The van der Waals surface area contributed by atoms with Gasteiger partial charge in [-0.05, 0) is 152 Å². The molecule has 11 aromatic rings. The minimum atomic E-state index is -0.313. The highest BCUT2D eigenvalue weighted by Gasteiger charge is 2.42. The maximum Gasteiger partial charge on any atom is 0.143 e. The van der Waals surface area contributed by atoms with Crippen molar-refractivity contribution in [2.45, 2.75) is 105 Å². The van der Waals surface area contributed by atoms with Crippen molar-refractivity contribution in [1.82, 2.24) is 0 Å². The van der Waals surface area contributed by atoms with Gasteiger partial charge in [-0.2, -0.15) is 0 Å². The van der Waals surface area contributed by atoms with Crippen molar-refractivity contribution in [2.75, 3.05) is 4.90 Å². The van der Waals surface area contributed by atoms with E-state index in [1.807, 2.05) is 0 Å². The summed E-state index contributed by atoms with van der Waals surface area (Å²) in [4.78, 5) is 2.50. The van der Waals surface area contributed by atoms with E-state index >= 15 is 0 Å². The highest BCUT2D eigenvalue weighted by atomic mass is 16.3. The van der Waals surface area contributed by atoms with Gasteiger partial charge in [0.1, 0.15) is 22.3 Å². The Labute approximate surface area is 430 Å². The Hall–Kier alpha value is -7.62. The van der Waals surface area contributed by atoms with Crippen molar-refractivity contribution in [2.24, 2.45) is 0 Å². The quantitative estimate of drug-likeness (QED) is 0.172. The van der Waals surface area contributed by atoms with Crippen molar-refractivity contribution in [1.29, 1.82) is 0 Å². The molecule has 2 heterocycles. The van der Waals surface area contributed by atoms with Gasteiger partial charge < -0.3 is 13.7 Å². The van der Waals surface area contributed by atoms with E-state index in [1.54, 1.807) is 0 Å². The Balaban J connectivity index is 0.990. The van der Waals surface area contributed by atoms with Crippen LogP contribution in [0.2, 0.25) is 0 Å². The van der Waals surface area contributed by atoms with E-state index in [4.69, 9.17) is 8.83 Å². The molecular weight excluding hydrogens is 887 g/mol. The molecule has 2 aromatic heterocycles. The third-order valence-electron chi connectivity index (χ3n) is 16.8. The fourth-order valence-electron chi connectivity index (χ4n) is 12.7. The average Bonchev–Trinajstić information content (AvgIpc) is 4.06. The van der Waals surface area contributed by atoms with Crippen LogP contribution >= 0.6 is 0 Å². The summed E-state index contributed by atoms with van der Waals surface area (Å²) >= 11 is 0. The van der Waals surface area contributed by atoms with E-state index in [0.717, 1.165) is 55.6 Å². The van der Waals surface area contributed by atoms with Crippen LogP contribution in [0.5, 0.6) is 0 Å². The van der Waals surface area contributed by atoms with Gasteiger partial charge in [-0.25, -0.2) is 0 Å². The third-order valence-corrected chi connectivity index (χ3v) is 16.8. The molecule has 0 unspecified atom stereocenters. The SMILES string of the molecule is Cc1ccc(N(c2ccc3c(c2)C(C)(C)c2cc(-c4ccc(C(C)(C)C)cc4)c4oc5ccccc5c4c2-3)c2ccc3c(c2)C(C)(C)c2cc(-c4ccc(C(C)(C)C)cc4)c4oc5ccccc5c4c2-3)c(C)c1. The first-order chi connectivity index (χ1) is 34.8. The zero-order valence-electron chi connectivity index (χ0n) is 44.4. The lowest BCUT2D eigenvalue weighted by Gasteiger charge is -2.31. The largest absolute Gasteiger partial charge is 0.455 e. The smallest absolute Gasteiger partial charge is 0.143 e. The van der Waals surface area contributed by atoms with Gasteiger partial charge >= 0.3 is 0 Å². The highest BCUT2D eigenvalue weighted by Crippen LogP contribution is 2.59. The van der Waals surface area contributed by atoms with Gasteiger partial charge in [0.2, 0.25) is 0 Å². The van der Waals surface area contributed by atoms with Crippen LogP contribution in [0.1, 0.15) is 114 Å². The number of aryl methyl sites for hydroxylation is 2. The molecule has 13 rings (SSSR count). The first kappa shape index (κ1) is 45.3. The van der Waals surface area contributed by atoms with Crippen LogP contribution in [0.25, 0.3) is 88.4 Å². The predicted molar refractivity (Wildman–Crippen MR) is 309 cm³/mol. The molecule has 0 fully saturated rings. The first-order valence-corrected chi connectivity index (χ1v) is 26.2. The van der Waals surface area contributed by atoms with Crippen LogP contribution in [0.3, 0.4) is 0 Å². The van der Waals surface area contributed by atoms with E-state index in [2.05, 4.69) is 252 Å². The molecule has 360 valence electrons. The number of hydrogen-bond acceptors (Lipinski definition) is 3. The summed E-state index contributed by atoms with van der Waals surface area (Å²) in [5, 5.41) is 4.69. The molecule has 0 bridgehead atoms. The van der Waals surface area contributed by atoms with Gasteiger partial charge in [-0.1, -0.05) is 184 Å². The first-order valence-electron chi connectivity index (χ1n) is 26.2. The van der Waals surface area contributed by atoms with Gasteiger partial charge in [-0.15, -0.1) is 0 Å². The molecule has 3 heteroatoms. The zero-order chi connectivity index (χ0) is 50.7. The van der Waals surface area contributed by atoms with Crippen molar-refractivity contribution in [3.63, 3.8) is 0 Å². The van der Waals surface area contributed by atoms with Crippen LogP contribution in [-0.2, 0) is 21.7 Å². The number of rotatable bonds is 5. The summed E-state index contributed by atoms with van der Waals surface area (Å²) in [6.07, 6.45) is 0. The van der Waals surface area contributed by atoms with Gasteiger partial charge in [-0.3, -0.25) is 0 Å². The number of hydrogen-bond donors (Lipinski definition) is 0. The van der Waals surface area contributed by atoms with Crippen molar-refractivity contribution in [3.8, 4) is 44.5 Å². The second kappa shape index (κ2) is 15.4. The van der Waals surface area contributed by atoms with E-state index in [1.165, 1.54) is 94.3 Å². The monoisotopic (exact) mass is 949 g/mol. The topological polar surface area (TPSA) is 29.5 Å². The predicted octanol–water partition coefficient (Wildman–Crippen LogP) is 20.1. The Kier molecular flexibility index (Phi) is 9.58. The van der Waals surface area contributed by atoms with Crippen molar-refractivity contribution in [3.05, 3.63) is 208 Å². The van der Waals surface area contributed by atoms with Crippen LogP contribution in [0, 0.1) is 13.8 Å². The molecule has 0 atom stereocenters. The fourth-order valence-corrected chi connectivity index (χ4v) is 12.7. The van der Waals surface area contributed by atoms with E-state index in [0.29, 0.717) is 0 Å². The minimum Gasteiger partial charge on any atom is -0.455 e. The molecule has 0 amide bonds. The molecule has 0 saturated heterocycles. The maximum atomic E-state index is 6.89. The number of furan rings is 2. The van der Waals surface area contributed by atoms with Gasteiger partial charge in [0.15, 0.2) is 0 Å². The summed E-state index contributed by atoms with van der Waals surface area (Å²) in [6.45, 7) is 27.7. The average molecular weight is 950 g/mol. The molecule has 3 nitrogen and oxygen atoms in total. The molecule has 73 heavy (non-hydrogen) atoms. The number of anilines is 3. The van der Waals surface area contributed by atoms with E-state index in [9.17, 15) is 0 Å². The third kappa shape index (κ3) is 6.70. The lowest BCUT2D eigenvalue weighted by molar-refractivity contribution is 0.590. The van der Waals surface area contributed by atoms with E-state index < -0.39 is 0 Å². The van der Waals surface area contributed by atoms with Crippen LogP contribution < -0.4 is 4.90 Å². The zero-order valence-corrected chi connectivity index (χ0v) is 44.4. The van der Waals surface area contributed by atoms with Crippen LogP contribution in [-0.4, -0.2) is 0 Å². The Morgan fingerprint density at radius 1 is 0.411 bits per heavy atom. The lowest BCUT2D eigenvalue weighted by Crippen LogP contribution is -2.18.